The number of benzene rings is 2. The molecular weight excluding hydrogens is 323 g/mol. The Balaban J connectivity index is 1.99. The lowest BCUT2D eigenvalue weighted by Gasteiger charge is -2.10. The summed E-state index contributed by atoms with van der Waals surface area (Å²) < 4.78 is 38.5. The van der Waals surface area contributed by atoms with Crippen molar-refractivity contribution in [1.29, 1.82) is 0 Å². The molecule has 120 valence electrons. The van der Waals surface area contributed by atoms with E-state index in [2.05, 4.69) is 15.8 Å². The molecule has 0 saturated heterocycles. The highest BCUT2D eigenvalue weighted by molar-refractivity contribution is 7.80. The van der Waals surface area contributed by atoms with Crippen LogP contribution in [0.4, 0.5) is 18.9 Å². The number of nitrogens with zero attached hydrogens (tertiary/aromatic N) is 1. The van der Waals surface area contributed by atoms with Gasteiger partial charge in [0.05, 0.1) is 11.8 Å². The smallest absolute Gasteiger partial charge is 0.331 e. The van der Waals surface area contributed by atoms with Crippen molar-refractivity contribution in [3.05, 3.63) is 65.2 Å². The monoisotopic (exact) mass is 337 g/mol. The number of hydrogen-bond acceptors (Lipinski definition) is 2. The molecular formula is C16H14F3N3S. The minimum Gasteiger partial charge on any atom is -0.331 e. The molecule has 2 N–H and O–H groups in total. The van der Waals surface area contributed by atoms with Crippen molar-refractivity contribution in [2.75, 3.05) is 5.32 Å². The fraction of sp³-hybridized carbons (Fsp3) is 0.125. The van der Waals surface area contributed by atoms with Gasteiger partial charge in [-0.3, -0.25) is 5.43 Å². The first kappa shape index (κ1) is 17.0. The molecule has 0 spiro atoms. The molecule has 23 heavy (non-hydrogen) atoms. The summed E-state index contributed by atoms with van der Waals surface area (Å²) >= 11 is 5.03. The third kappa shape index (κ3) is 5.07. The number of anilines is 1. The maximum absolute atomic E-state index is 12.8. The third-order valence-electron chi connectivity index (χ3n) is 2.95. The van der Waals surface area contributed by atoms with Gasteiger partial charge in [-0.15, -0.1) is 0 Å². The second-order valence-electron chi connectivity index (χ2n) is 4.78. The topological polar surface area (TPSA) is 36.4 Å². The zero-order chi connectivity index (χ0) is 16.9. The number of thiocarbonyl (C=S) groups is 1. The molecule has 3 nitrogen and oxygen atoms in total. The van der Waals surface area contributed by atoms with Gasteiger partial charge in [0, 0.05) is 11.3 Å². The molecule has 2 rings (SSSR count). The van der Waals surface area contributed by atoms with Gasteiger partial charge >= 0.3 is 6.18 Å². The van der Waals surface area contributed by atoms with Gasteiger partial charge in [0.1, 0.15) is 0 Å². The molecule has 0 amide bonds. The number of aryl methyl sites for hydroxylation is 1. The van der Waals surface area contributed by atoms with Crippen molar-refractivity contribution in [1.82, 2.24) is 5.43 Å². The van der Waals surface area contributed by atoms with Crippen LogP contribution in [0.15, 0.2) is 53.6 Å². The second kappa shape index (κ2) is 7.23. The average molecular weight is 337 g/mol. The summed E-state index contributed by atoms with van der Waals surface area (Å²) in [4.78, 5) is 0. The van der Waals surface area contributed by atoms with Gasteiger partial charge in [0.15, 0.2) is 5.11 Å². The van der Waals surface area contributed by atoms with E-state index in [4.69, 9.17) is 12.2 Å². The molecule has 0 aromatic heterocycles. The Bertz CT molecular complexity index is 709. The van der Waals surface area contributed by atoms with E-state index in [1.165, 1.54) is 18.2 Å². The van der Waals surface area contributed by atoms with Crippen LogP contribution >= 0.6 is 12.2 Å². The van der Waals surface area contributed by atoms with E-state index in [1.54, 1.807) is 0 Å². The Morgan fingerprint density at radius 3 is 2.39 bits per heavy atom. The predicted molar refractivity (Wildman–Crippen MR) is 89.6 cm³/mol. The maximum atomic E-state index is 12.8. The number of alkyl halides is 3. The van der Waals surface area contributed by atoms with Crippen molar-refractivity contribution in [2.45, 2.75) is 13.1 Å². The van der Waals surface area contributed by atoms with Crippen LogP contribution in [0.5, 0.6) is 0 Å². The van der Waals surface area contributed by atoms with Crippen LogP contribution in [0.2, 0.25) is 0 Å². The fourth-order valence-corrected chi connectivity index (χ4v) is 1.99. The fourth-order valence-electron chi connectivity index (χ4n) is 1.82. The van der Waals surface area contributed by atoms with E-state index in [0.29, 0.717) is 0 Å². The Labute approximate surface area is 137 Å². The second-order valence-corrected chi connectivity index (χ2v) is 5.18. The molecule has 2 aromatic rings. The third-order valence-corrected chi connectivity index (χ3v) is 3.14. The van der Waals surface area contributed by atoms with Gasteiger partial charge in [0.25, 0.3) is 0 Å². The number of rotatable bonds is 3. The van der Waals surface area contributed by atoms with Crippen LogP contribution in [0.25, 0.3) is 0 Å². The van der Waals surface area contributed by atoms with Crippen LogP contribution in [0.3, 0.4) is 0 Å². The van der Waals surface area contributed by atoms with E-state index in [9.17, 15) is 13.2 Å². The Kier molecular flexibility index (Phi) is 5.33. The molecule has 0 aliphatic heterocycles. The summed E-state index contributed by atoms with van der Waals surface area (Å²) in [6, 6.07) is 12.7. The van der Waals surface area contributed by atoms with Gasteiger partial charge in [-0.25, -0.2) is 0 Å². The molecule has 0 atom stereocenters. The van der Waals surface area contributed by atoms with Crippen molar-refractivity contribution in [3.63, 3.8) is 0 Å². The zero-order valence-corrected chi connectivity index (χ0v) is 13.0. The normalized spacial score (nSPS) is 11.5. The van der Waals surface area contributed by atoms with Gasteiger partial charge in [-0.05, 0) is 37.3 Å². The van der Waals surface area contributed by atoms with E-state index in [-0.39, 0.29) is 10.7 Å². The molecule has 7 heteroatoms. The largest absolute Gasteiger partial charge is 0.417 e. The van der Waals surface area contributed by atoms with Crippen LogP contribution in [-0.4, -0.2) is 11.3 Å². The van der Waals surface area contributed by atoms with Gasteiger partial charge in [0.2, 0.25) is 0 Å². The SMILES string of the molecule is Cc1ccc(NC(=S)N/N=C/c2ccccc2C(F)(F)F)cc1. The van der Waals surface area contributed by atoms with Crippen LogP contribution < -0.4 is 10.7 Å². The number of halogens is 3. The summed E-state index contributed by atoms with van der Waals surface area (Å²) in [5, 5.41) is 6.82. The zero-order valence-electron chi connectivity index (χ0n) is 12.2. The molecule has 2 aromatic carbocycles. The average Bonchev–Trinajstić information content (AvgIpc) is 2.49. The van der Waals surface area contributed by atoms with Crippen LogP contribution in [0.1, 0.15) is 16.7 Å². The van der Waals surface area contributed by atoms with Crippen molar-refractivity contribution >= 4 is 29.2 Å². The highest BCUT2D eigenvalue weighted by Gasteiger charge is 2.32. The molecule has 0 radical (unpaired) electrons. The molecule has 0 heterocycles. The van der Waals surface area contributed by atoms with E-state index in [1.807, 2.05) is 31.2 Å². The van der Waals surface area contributed by atoms with Gasteiger partial charge in [-0.1, -0.05) is 35.9 Å². The summed E-state index contributed by atoms with van der Waals surface area (Å²) in [6.07, 6.45) is -3.34. The van der Waals surface area contributed by atoms with E-state index < -0.39 is 11.7 Å². The first-order valence-corrected chi connectivity index (χ1v) is 7.10. The number of hydrogen-bond donors (Lipinski definition) is 2. The van der Waals surface area contributed by atoms with Crippen molar-refractivity contribution < 1.29 is 13.2 Å². The minimum absolute atomic E-state index is 0.0364. The summed E-state index contributed by atoms with van der Waals surface area (Å²) in [7, 11) is 0. The summed E-state index contributed by atoms with van der Waals surface area (Å²) in [5.41, 5.74) is 3.58. The highest BCUT2D eigenvalue weighted by Crippen LogP contribution is 2.30. The van der Waals surface area contributed by atoms with Gasteiger partial charge < -0.3 is 5.32 Å². The first-order chi connectivity index (χ1) is 10.9. The quantitative estimate of drug-likeness (QED) is 0.497. The first-order valence-electron chi connectivity index (χ1n) is 6.69. The Morgan fingerprint density at radius 2 is 1.74 bits per heavy atom. The standard InChI is InChI=1S/C16H14F3N3S/c1-11-6-8-13(9-7-11)21-15(23)22-20-10-12-4-2-3-5-14(12)16(17,18)19/h2-10H,1H3,(H2,21,22,23)/b20-10+. The lowest BCUT2D eigenvalue weighted by atomic mass is 10.1. The lowest BCUT2D eigenvalue weighted by molar-refractivity contribution is -0.137. The van der Waals surface area contributed by atoms with Gasteiger partial charge in [-0.2, -0.15) is 18.3 Å². The van der Waals surface area contributed by atoms with Crippen LogP contribution in [0, 0.1) is 6.92 Å². The summed E-state index contributed by atoms with van der Waals surface area (Å²) in [6.45, 7) is 1.96. The molecule has 0 saturated carbocycles. The Morgan fingerprint density at radius 1 is 1.09 bits per heavy atom. The van der Waals surface area contributed by atoms with Crippen molar-refractivity contribution in [3.8, 4) is 0 Å². The Hall–Kier alpha value is -2.41. The van der Waals surface area contributed by atoms with Crippen molar-refractivity contribution in [2.24, 2.45) is 5.10 Å². The van der Waals surface area contributed by atoms with E-state index in [0.717, 1.165) is 23.5 Å². The molecule has 0 fully saturated rings. The minimum atomic E-state index is -4.43. The molecule has 0 bridgehead atoms. The highest BCUT2D eigenvalue weighted by atomic mass is 32.1. The predicted octanol–water partition coefficient (Wildman–Crippen LogP) is 4.33. The lowest BCUT2D eigenvalue weighted by Crippen LogP contribution is -2.24. The molecule has 0 aliphatic carbocycles. The molecule has 0 unspecified atom stereocenters. The van der Waals surface area contributed by atoms with Crippen LogP contribution in [-0.2, 0) is 6.18 Å². The number of hydrazone groups is 1. The number of nitrogens with one attached hydrogen (secondary N) is 2. The van der Waals surface area contributed by atoms with E-state index >= 15 is 0 Å². The molecule has 0 aliphatic rings. The maximum Gasteiger partial charge on any atom is 0.417 e. The summed E-state index contributed by atoms with van der Waals surface area (Å²) in [5.74, 6) is 0.